The molecule has 2 saturated heterocycles. The van der Waals surface area contributed by atoms with Gasteiger partial charge < -0.3 is 0 Å². The Labute approximate surface area is 315 Å². The van der Waals surface area contributed by atoms with Gasteiger partial charge in [0.05, 0.1) is 22.7 Å². The van der Waals surface area contributed by atoms with E-state index in [9.17, 15) is 0 Å². The summed E-state index contributed by atoms with van der Waals surface area (Å²) in [5, 5.41) is 3.68. The van der Waals surface area contributed by atoms with Crippen LogP contribution in [0.5, 0.6) is 0 Å². The number of anilines is 2. The fourth-order valence-electron chi connectivity index (χ4n) is 7.21. The third-order valence-corrected chi connectivity index (χ3v) is 10.0. The number of amidine groups is 2. The number of benzene rings is 7. The molecule has 6 heteroatoms. The summed E-state index contributed by atoms with van der Waals surface area (Å²) in [5.41, 5.74) is 7.91. The van der Waals surface area contributed by atoms with Crippen LogP contribution in [0.3, 0.4) is 0 Å². The summed E-state index contributed by atoms with van der Waals surface area (Å²) >= 11 is 0. The first-order valence-corrected chi connectivity index (χ1v) is 18.2. The maximum absolute atomic E-state index is 6.84. The van der Waals surface area contributed by atoms with Gasteiger partial charge in [0, 0.05) is 0 Å². The van der Waals surface area contributed by atoms with Crippen molar-refractivity contribution in [2.24, 2.45) is 9.98 Å². The molecule has 54 heavy (non-hydrogen) atoms. The van der Waals surface area contributed by atoms with Crippen molar-refractivity contribution in [1.29, 1.82) is 0 Å². The van der Waals surface area contributed by atoms with Crippen molar-refractivity contribution >= 4 is 34.4 Å². The molecule has 7 aromatic rings. The molecule has 0 saturated carbocycles. The van der Waals surface area contributed by atoms with Gasteiger partial charge in [0.1, 0.15) is 0 Å². The zero-order valence-corrected chi connectivity index (χ0v) is 30.1. The smallest absolute Gasteiger partial charge is 0.206 e. The fraction of sp³-hybridized carbons (Fsp3) is 0.0833. The van der Waals surface area contributed by atoms with E-state index >= 15 is 0 Å². The van der Waals surface area contributed by atoms with Crippen LogP contribution in [0.15, 0.2) is 204 Å². The van der Waals surface area contributed by atoms with Gasteiger partial charge in [-0.3, -0.25) is 0 Å². The number of hydrogen-bond donors (Lipinski definition) is 0. The van der Waals surface area contributed by atoms with Crippen molar-refractivity contribution in [1.82, 2.24) is 0 Å². The lowest BCUT2D eigenvalue weighted by Gasteiger charge is -2.51. The van der Waals surface area contributed by atoms with Crippen LogP contribution in [0.25, 0.3) is 0 Å². The van der Waals surface area contributed by atoms with Gasteiger partial charge >= 0.3 is 0 Å². The highest BCUT2D eigenvalue weighted by atomic mass is 16.7. The normalized spacial score (nSPS) is 17.2. The van der Waals surface area contributed by atoms with Gasteiger partial charge in [-0.2, -0.15) is 0 Å². The predicted octanol–water partition coefficient (Wildman–Crippen LogP) is 11.2. The number of hydrogen-bond acceptors (Lipinski definition) is 4. The second-order valence-electron chi connectivity index (χ2n) is 13.7. The zero-order chi connectivity index (χ0) is 36.5. The molecule has 2 heterocycles. The summed E-state index contributed by atoms with van der Waals surface area (Å²) in [7, 11) is 0. The molecule has 0 bridgehead atoms. The van der Waals surface area contributed by atoms with E-state index in [-0.39, 0.29) is 0 Å². The van der Waals surface area contributed by atoms with Crippen LogP contribution in [0.4, 0.5) is 22.7 Å². The lowest BCUT2D eigenvalue weighted by Crippen LogP contribution is -2.63. The molecule has 0 atom stereocenters. The second kappa shape index (κ2) is 13.7. The summed E-state index contributed by atoms with van der Waals surface area (Å²) < 4.78 is 0. The average Bonchev–Trinajstić information content (AvgIpc) is 3.22. The molecule has 0 spiro atoms. The van der Waals surface area contributed by atoms with Crippen molar-refractivity contribution in [2.75, 3.05) is 10.1 Å². The van der Waals surface area contributed by atoms with Crippen LogP contribution in [0.2, 0.25) is 0 Å². The molecule has 0 N–H and O–H groups in total. The quantitative estimate of drug-likeness (QED) is 0.158. The molecule has 6 nitrogen and oxygen atoms in total. The summed E-state index contributed by atoms with van der Waals surface area (Å²) in [6.07, 6.45) is 0. The summed E-state index contributed by atoms with van der Waals surface area (Å²) in [4.78, 5) is 24.3. The van der Waals surface area contributed by atoms with Crippen LogP contribution in [-0.2, 0) is 20.9 Å². The van der Waals surface area contributed by atoms with Crippen molar-refractivity contribution in [3.63, 3.8) is 0 Å². The van der Waals surface area contributed by atoms with Gasteiger partial charge in [-0.25, -0.2) is 29.8 Å². The Morgan fingerprint density at radius 3 is 0.907 bits per heavy atom. The highest BCUT2D eigenvalue weighted by molar-refractivity contribution is 6.11. The molecule has 9 rings (SSSR count). The molecule has 2 aliphatic heterocycles. The van der Waals surface area contributed by atoms with E-state index in [1.165, 1.54) is 11.1 Å². The standard InChI is InChI=1S/C48H38N4O2/c1-35-23-31-43(32-24-35)51-45(47(53-51,37-15-7-3-8-16-37)38-17-9-4-10-18-38)49-41-27-29-42(30-28-41)50-46-48(39-19-11-5-12-20-39,40-21-13-6-14-22-40)54-52(46)44-33-25-36(2)26-34-44/h3-34H,1-2H3. The Morgan fingerprint density at radius 2 is 0.630 bits per heavy atom. The number of aryl methyl sites for hydroxylation is 2. The molecule has 0 amide bonds. The number of nitrogens with zero attached hydrogens (tertiary/aromatic N) is 4. The summed E-state index contributed by atoms with van der Waals surface area (Å²) in [5.74, 6) is 1.54. The molecule has 262 valence electrons. The van der Waals surface area contributed by atoms with Crippen molar-refractivity contribution < 1.29 is 9.68 Å². The molecule has 0 aliphatic carbocycles. The van der Waals surface area contributed by atoms with E-state index in [0.717, 1.165) is 56.7 Å². The molecule has 0 aromatic heterocycles. The number of hydroxylamine groups is 2. The third kappa shape index (κ3) is 5.69. The summed E-state index contributed by atoms with van der Waals surface area (Å²) in [6.45, 7) is 4.16. The maximum atomic E-state index is 6.84. The van der Waals surface area contributed by atoms with Crippen LogP contribution in [-0.4, -0.2) is 11.7 Å². The molecule has 7 aromatic carbocycles. The van der Waals surface area contributed by atoms with Crippen LogP contribution in [0, 0.1) is 13.8 Å². The van der Waals surface area contributed by atoms with Gasteiger partial charge in [0.2, 0.25) is 11.2 Å². The SMILES string of the molecule is Cc1ccc(N2OC(c3ccccc3)(c3ccccc3)C2=Nc2ccc(N=C3N(c4ccc(C)cc4)OC3(c3ccccc3)c3ccccc3)cc2)cc1. The summed E-state index contributed by atoms with van der Waals surface area (Å²) in [6, 6.07) is 65.9. The minimum atomic E-state index is -0.908. The topological polar surface area (TPSA) is 49.7 Å². The first-order valence-electron chi connectivity index (χ1n) is 18.2. The van der Waals surface area contributed by atoms with Gasteiger partial charge in [-0.15, -0.1) is 0 Å². The minimum Gasteiger partial charge on any atom is -0.243 e. The Morgan fingerprint density at radius 1 is 0.352 bits per heavy atom. The van der Waals surface area contributed by atoms with Crippen LogP contribution in [0.1, 0.15) is 33.4 Å². The van der Waals surface area contributed by atoms with Crippen molar-refractivity contribution in [3.8, 4) is 0 Å². The van der Waals surface area contributed by atoms with Gasteiger partial charge in [0.25, 0.3) is 0 Å². The molecule has 0 radical (unpaired) electrons. The van der Waals surface area contributed by atoms with Gasteiger partial charge in [0.15, 0.2) is 11.7 Å². The fourth-order valence-corrected chi connectivity index (χ4v) is 7.21. The number of aliphatic imine (C=N–C) groups is 2. The first kappa shape index (κ1) is 33.3. The molecular weight excluding hydrogens is 665 g/mol. The van der Waals surface area contributed by atoms with E-state index < -0.39 is 11.2 Å². The van der Waals surface area contributed by atoms with E-state index in [1.807, 2.05) is 107 Å². The molecule has 0 unspecified atom stereocenters. The third-order valence-electron chi connectivity index (χ3n) is 10.0. The first-order chi connectivity index (χ1) is 26.5. The van der Waals surface area contributed by atoms with Crippen molar-refractivity contribution in [3.05, 3.63) is 228 Å². The van der Waals surface area contributed by atoms with E-state index in [2.05, 4.69) is 111 Å². The maximum Gasteiger partial charge on any atom is 0.206 e. The Balaban J connectivity index is 1.15. The Hall–Kier alpha value is -6.60. The number of rotatable bonds is 8. The van der Waals surface area contributed by atoms with Gasteiger partial charge in [-0.05, 0) is 84.6 Å². The highest BCUT2D eigenvalue weighted by Crippen LogP contribution is 2.49. The molecule has 2 fully saturated rings. The highest BCUT2D eigenvalue weighted by Gasteiger charge is 2.57. The minimum absolute atomic E-state index is 0.771. The second-order valence-corrected chi connectivity index (χ2v) is 13.7. The Bertz CT molecular complexity index is 2180. The van der Waals surface area contributed by atoms with Crippen LogP contribution < -0.4 is 10.1 Å². The van der Waals surface area contributed by atoms with E-state index in [4.69, 9.17) is 19.7 Å². The van der Waals surface area contributed by atoms with E-state index in [1.54, 1.807) is 0 Å². The van der Waals surface area contributed by atoms with Crippen molar-refractivity contribution in [2.45, 2.75) is 25.0 Å². The Kier molecular flexibility index (Phi) is 8.47. The monoisotopic (exact) mass is 702 g/mol. The molecular formula is C48H38N4O2. The lowest BCUT2D eigenvalue weighted by molar-refractivity contribution is -0.0224. The van der Waals surface area contributed by atoms with Gasteiger partial charge in [-0.1, -0.05) is 157 Å². The van der Waals surface area contributed by atoms with E-state index in [0.29, 0.717) is 0 Å². The van der Waals surface area contributed by atoms with Crippen LogP contribution >= 0.6 is 0 Å². The predicted molar refractivity (Wildman–Crippen MR) is 217 cm³/mol. The zero-order valence-electron chi connectivity index (χ0n) is 30.1. The molecule has 2 aliphatic rings. The average molecular weight is 703 g/mol. The lowest BCUT2D eigenvalue weighted by atomic mass is 9.82. The largest absolute Gasteiger partial charge is 0.243 e.